The molecule has 0 aliphatic carbocycles. The predicted molar refractivity (Wildman–Crippen MR) is 77.7 cm³/mol. The second-order valence-electron chi connectivity index (χ2n) is 4.29. The number of rotatable bonds is 5. The SMILES string of the molecule is C=CC=CCCCC.CC(C)=CC=C(C)C. The van der Waals surface area contributed by atoms with E-state index in [9.17, 15) is 0 Å². The summed E-state index contributed by atoms with van der Waals surface area (Å²) in [5.74, 6) is 0. The molecule has 0 aliphatic heterocycles. The van der Waals surface area contributed by atoms with E-state index in [-0.39, 0.29) is 0 Å². The Morgan fingerprint density at radius 2 is 1.50 bits per heavy atom. The standard InChI is InChI=1S/2C8H14/c1-7(2)5-6-8(3)4;1-3-5-7-8-6-4-2/h5-6H,1-4H3;3,5,7H,1,4,6,8H2,2H3. The molecule has 16 heavy (non-hydrogen) atoms. The number of allylic oxidation sites excluding steroid dienone is 7. The van der Waals surface area contributed by atoms with Crippen LogP contribution in [0.25, 0.3) is 0 Å². The van der Waals surface area contributed by atoms with E-state index >= 15 is 0 Å². The van der Waals surface area contributed by atoms with E-state index in [1.165, 1.54) is 30.4 Å². The maximum absolute atomic E-state index is 3.57. The summed E-state index contributed by atoms with van der Waals surface area (Å²) in [5.41, 5.74) is 2.71. The molecule has 0 amide bonds. The van der Waals surface area contributed by atoms with Crippen LogP contribution in [0.3, 0.4) is 0 Å². The number of hydrogen-bond donors (Lipinski definition) is 0. The molecule has 0 heteroatoms. The van der Waals surface area contributed by atoms with Gasteiger partial charge in [0, 0.05) is 0 Å². The molecule has 0 nitrogen and oxygen atoms in total. The van der Waals surface area contributed by atoms with Crippen LogP contribution < -0.4 is 0 Å². The molecule has 0 aliphatic rings. The van der Waals surface area contributed by atoms with Gasteiger partial charge in [-0.2, -0.15) is 0 Å². The fourth-order valence-electron chi connectivity index (χ4n) is 0.848. The lowest BCUT2D eigenvalue weighted by Gasteiger charge is -1.84. The van der Waals surface area contributed by atoms with Gasteiger partial charge in [0.05, 0.1) is 0 Å². The molecule has 0 atom stereocenters. The molecule has 0 radical (unpaired) electrons. The summed E-state index contributed by atoms with van der Waals surface area (Å²) >= 11 is 0. The lowest BCUT2D eigenvalue weighted by Crippen LogP contribution is -1.64. The van der Waals surface area contributed by atoms with Gasteiger partial charge in [-0.15, -0.1) is 0 Å². The molecule has 0 aromatic carbocycles. The highest BCUT2D eigenvalue weighted by Crippen LogP contribution is 1.94. The zero-order valence-corrected chi connectivity index (χ0v) is 11.7. The molecule has 0 aromatic rings. The molecular weight excluding hydrogens is 192 g/mol. The molecule has 0 saturated carbocycles. The maximum Gasteiger partial charge on any atom is -0.0348 e. The van der Waals surface area contributed by atoms with Crippen molar-refractivity contribution in [2.45, 2.75) is 53.9 Å². The van der Waals surface area contributed by atoms with Crippen molar-refractivity contribution in [2.75, 3.05) is 0 Å². The third kappa shape index (κ3) is 23.1. The fraction of sp³-hybridized carbons (Fsp3) is 0.500. The molecule has 0 N–H and O–H groups in total. The van der Waals surface area contributed by atoms with E-state index in [0.29, 0.717) is 0 Å². The largest absolute Gasteiger partial charge is 0.0991 e. The average molecular weight is 220 g/mol. The lowest BCUT2D eigenvalue weighted by atomic mass is 10.2. The highest BCUT2D eigenvalue weighted by atomic mass is 13.8. The predicted octanol–water partition coefficient (Wildman–Crippen LogP) is 5.84. The zero-order valence-electron chi connectivity index (χ0n) is 11.7. The summed E-state index contributed by atoms with van der Waals surface area (Å²) in [6.45, 7) is 14.2. The van der Waals surface area contributed by atoms with Crippen molar-refractivity contribution in [3.8, 4) is 0 Å². The van der Waals surface area contributed by atoms with Crippen molar-refractivity contribution in [2.24, 2.45) is 0 Å². The van der Waals surface area contributed by atoms with E-state index in [2.05, 4.69) is 59.4 Å². The van der Waals surface area contributed by atoms with Crippen LogP contribution in [0.2, 0.25) is 0 Å². The second-order valence-corrected chi connectivity index (χ2v) is 4.29. The fourth-order valence-corrected chi connectivity index (χ4v) is 0.848. The Bertz CT molecular complexity index is 215. The molecule has 0 saturated heterocycles. The van der Waals surface area contributed by atoms with Crippen molar-refractivity contribution < 1.29 is 0 Å². The molecular formula is C16H28. The van der Waals surface area contributed by atoms with Gasteiger partial charge in [-0.1, -0.05) is 67.9 Å². The molecule has 0 heterocycles. The van der Waals surface area contributed by atoms with Crippen LogP contribution in [0.15, 0.2) is 48.1 Å². The third-order valence-electron chi connectivity index (χ3n) is 1.75. The van der Waals surface area contributed by atoms with Crippen molar-refractivity contribution in [1.82, 2.24) is 0 Å². The van der Waals surface area contributed by atoms with Gasteiger partial charge in [-0.25, -0.2) is 0 Å². The van der Waals surface area contributed by atoms with E-state index in [1.807, 2.05) is 12.2 Å². The Morgan fingerprint density at radius 3 is 1.81 bits per heavy atom. The first-order chi connectivity index (χ1) is 7.54. The normalized spacial score (nSPS) is 9.06. The highest BCUT2D eigenvalue weighted by Gasteiger charge is 1.73. The van der Waals surface area contributed by atoms with Crippen LogP contribution in [-0.4, -0.2) is 0 Å². The minimum Gasteiger partial charge on any atom is -0.0991 e. The Labute approximate surface area is 102 Å². The Morgan fingerprint density at radius 1 is 1.00 bits per heavy atom. The van der Waals surface area contributed by atoms with Crippen LogP contribution in [0.1, 0.15) is 53.9 Å². The number of hydrogen-bond acceptors (Lipinski definition) is 0. The third-order valence-corrected chi connectivity index (χ3v) is 1.75. The van der Waals surface area contributed by atoms with Crippen LogP contribution in [-0.2, 0) is 0 Å². The Kier molecular flexibility index (Phi) is 15.1. The van der Waals surface area contributed by atoms with Gasteiger partial charge in [0.1, 0.15) is 0 Å². The van der Waals surface area contributed by atoms with Crippen LogP contribution in [0.4, 0.5) is 0 Å². The topological polar surface area (TPSA) is 0 Å². The minimum atomic E-state index is 1.20. The van der Waals surface area contributed by atoms with Gasteiger partial charge in [0.25, 0.3) is 0 Å². The van der Waals surface area contributed by atoms with Crippen molar-refractivity contribution in [3.63, 3.8) is 0 Å². The van der Waals surface area contributed by atoms with Crippen LogP contribution in [0, 0.1) is 0 Å². The average Bonchev–Trinajstić information content (AvgIpc) is 2.23. The lowest BCUT2D eigenvalue weighted by molar-refractivity contribution is 0.815. The first kappa shape index (κ1) is 17.4. The van der Waals surface area contributed by atoms with E-state index in [0.717, 1.165) is 0 Å². The van der Waals surface area contributed by atoms with Gasteiger partial charge in [-0.3, -0.25) is 0 Å². The van der Waals surface area contributed by atoms with Gasteiger partial charge in [-0.05, 0) is 34.1 Å². The molecule has 0 unspecified atom stereocenters. The first-order valence-corrected chi connectivity index (χ1v) is 6.10. The van der Waals surface area contributed by atoms with Gasteiger partial charge < -0.3 is 0 Å². The Balaban J connectivity index is 0. The molecule has 0 fully saturated rings. The van der Waals surface area contributed by atoms with Crippen molar-refractivity contribution in [1.29, 1.82) is 0 Å². The van der Waals surface area contributed by atoms with Crippen LogP contribution >= 0.6 is 0 Å². The Hall–Kier alpha value is -1.04. The van der Waals surface area contributed by atoms with E-state index in [4.69, 9.17) is 0 Å². The quantitative estimate of drug-likeness (QED) is 0.403. The molecule has 0 aromatic heterocycles. The second kappa shape index (κ2) is 14.0. The zero-order chi connectivity index (χ0) is 12.8. The first-order valence-electron chi connectivity index (χ1n) is 6.10. The van der Waals surface area contributed by atoms with Gasteiger partial charge >= 0.3 is 0 Å². The summed E-state index contributed by atoms with van der Waals surface area (Å²) in [4.78, 5) is 0. The van der Waals surface area contributed by atoms with E-state index < -0.39 is 0 Å². The summed E-state index contributed by atoms with van der Waals surface area (Å²) in [6, 6.07) is 0. The summed E-state index contributed by atoms with van der Waals surface area (Å²) in [7, 11) is 0. The summed E-state index contributed by atoms with van der Waals surface area (Å²) in [6.07, 6.45) is 14.0. The monoisotopic (exact) mass is 220 g/mol. The maximum atomic E-state index is 3.57. The molecule has 92 valence electrons. The van der Waals surface area contributed by atoms with E-state index in [1.54, 1.807) is 0 Å². The van der Waals surface area contributed by atoms with Crippen molar-refractivity contribution >= 4 is 0 Å². The van der Waals surface area contributed by atoms with Gasteiger partial charge in [0.15, 0.2) is 0 Å². The highest BCUT2D eigenvalue weighted by molar-refractivity contribution is 5.12. The summed E-state index contributed by atoms with van der Waals surface area (Å²) in [5, 5.41) is 0. The molecule has 0 spiro atoms. The number of unbranched alkanes of at least 4 members (excludes halogenated alkanes) is 2. The van der Waals surface area contributed by atoms with Gasteiger partial charge in [0.2, 0.25) is 0 Å². The molecule has 0 bridgehead atoms. The molecule has 0 rings (SSSR count). The minimum absolute atomic E-state index is 1.20. The van der Waals surface area contributed by atoms with Crippen LogP contribution in [0.5, 0.6) is 0 Å². The smallest absolute Gasteiger partial charge is 0.0348 e. The summed E-state index contributed by atoms with van der Waals surface area (Å²) < 4.78 is 0. The van der Waals surface area contributed by atoms with Crippen molar-refractivity contribution in [3.05, 3.63) is 48.1 Å².